The second-order valence-corrected chi connectivity index (χ2v) is 11.0. The minimum atomic E-state index is -0.547. The minimum absolute atomic E-state index is 0.306. The van der Waals surface area contributed by atoms with E-state index in [-0.39, 0.29) is 0 Å². The molecule has 0 radical (unpaired) electrons. The molecule has 10 heteroatoms. The van der Waals surface area contributed by atoms with Crippen molar-refractivity contribution in [2.24, 2.45) is 0 Å². The lowest BCUT2D eigenvalue weighted by atomic mass is 10.2. The SMILES string of the molecule is C=CC(=O)OCCCCCCOc1cccc(C(=O)Oc2ccc(OC(=O)c3cccc(OCCCCCCOC(=O)C=C)c3)c(C)c2)c1. The van der Waals surface area contributed by atoms with Crippen molar-refractivity contribution in [1.82, 2.24) is 0 Å². The summed E-state index contributed by atoms with van der Waals surface area (Å²) in [6.45, 7) is 10.2. The van der Waals surface area contributed by atoms with Gasteiger partial charge < -0.3 is 28.4 Å². The van der Waals surface area contributed by atoms with E-state index >= 15 is 0 Å². The molecule has 0 unspecified atom stereocenters. The summed E-state index contributed by atoms with van der Waals surface area (Å²) in [4.78, 5) is 47.8. The number of ether oxygens (including phenoxy) is 6. The Kier molecular flexibility index (Phi) is 16.7. The van der Waals surface area contributed by atoms with Crippen LogP contribution in [0, 0.1) is 6.92 Å². The quantitative estimate of drug-likeness (QED) is 0.0453. The Morgan fingerprint density at radius 3 is 1.49 bits per heavy atom. The highest BCUT2D eigenvalue weighted by atomic mass is 16.5. The maximum atomic E-state index is 12.9. The van der Waals surface area contributed by atoms with Crippen molar-refractivity contribution in [3.8, 4) is 23.0 Å². The number of rotatable bonds is 22. The van der Waals surface area contributed by atoms with Gasteiger partial charge in [0.2, 0.25) is 0 Å². The van der Waals surface area contributed by atoms with Gasteiger partial charge in [-0.15, -0.1) is 0 Å². The first-order chi connectivity index (χ1) is 23.8. The van der Waals surface area contributed by atoms with Crippen LogP contribution in [0.5, 0.6) is 23.0 Å². The van der Waals surface area contributed by atoms with E-state index in [0.717, 1.165) is 63.5 Å². The number of benzene rings is 3. The third kappa shape index (κ3) is 14.5. The highest BCUT2D eigenvalue weighted by Crippen LogP contribution is 2.26. The van der Waals surface area contributed by atoms with E-state index in [9.17, 15) is 19.2 Å². The van der Waals surface area contributed by atoms with Crippen LogP contribution in [0.3, 0.4) is 0 Å². The molecule has 0 aliphatic carbocycles. The molecule has 3 aromatic carbocycles. The normalized spacial score (nSPS) is 10.4. The van der Waals surface area contributed by atoms with Crippen LogP contribution in [-0.4, -0.2) is 50.3 Å². The standard InChI is InChI=1S/C39H44O10/c1-4-36(40)46-24-12-8-6-10-22-44-32-18-14-16-30(27-32)38(42)48-34-20-21-35(29(3)26-34)49-39(43)31-17-15-19-33(28-31)45-23-11-7-9-13-25-47-37(41)5-2/h4-5,14-21,26-28H,1-2,6-13,22-25H2,3H3. The summed E-state index contributed by atoms with van der Waals surface area (Å²) < 4.78 is 32.7. The molecule has 3 rings (SSSR count). The van der Waals surface area contributed by atoms with Crippen LogP contribution in [0.15, 0.2) is 92.0 Å². The van der Waals surface area contributed by atoms with Crippen LogP contribution in [0.2, 0.25) is 0 Å². The summed E-state index contributed by atoms with van der Waals surface area (Å²) in [5, 5.41) is 0. The van der Waals surface area contributed by atoms with Gasteiger partial charge in [-0.05, 0) is 118 Å². The Hall–Kier alpha value is -5.38. The lowest BCUT2D eigenvalue weighted by molar-refractivity contribution is -0.138. The average Bonchev–Trinajstić information content (AvgIpc) is 3.11. The summed E-state index contributed by atoms with van der Waals surface area (Å²) in [6.07, 6.45) is 9.13. The van der Waals surface area contributed by atoms with E-state index in [4.69, 9.17) is 28.4 Å². The summed E-state index contributed by atoms with van der Waals surface area (Å²) in [7, 11) is 0. The first kappa shape index (κ1) is 38.1. The van der Waals surface area contributed by atoms with E-state index in [1.54, 1.807) is 73.7 Å². The first-order valence-electron chi connectivity index (χ1n) is 16.4. The fourth-order valence-corrected chi connectivity index (χ4v) is 4.51. The molecule has 0 fully saturated rings. The molecule has 0 aromatic heterocycles. The third-order valence-corrected chi connectivity index (χ3v) is 7.14. The van der Waals surface area contributed by atoms with E-state index in [2.05, 4.69) is 13.2 Å². The Morgan fingerprint density at radius 1 is 0.551 bits per heavy atom. The number of aryl methyl sites for hydroxylation is 1. The van der Waals surface area contributed by atoms with Crippen LogP contribution in [0.25, 0.3) is 0 Å². The average molecular weight is 673 g/mol. The van der Waals surface area contributed by atoms with Crippen LogP contribution in [0.4, 0.5) is 0 Å². The molecule has 0 heterocycles. The van der Waals surface area contributed by atoms with Crippen LogP contribution in [-0.2, 0) is 19.1 Å². The van der Waals surface area contributed by atoms with Gasteiger partial charge in [-0.25, -0.2) is 19.2 Å². The molecule has 0 saturated heterocycles. The number of hydrogen-bond acceptors (Lipinski definition) is 10. The van der Waals surface area contributed by atoms with Gasteiger partial charge in [-0.2, -0.15) is 0 Å². The molecule has 0 aliphatic rings. The third-order valence-electron chi connectivity index (χ3n) is 7.14. The van der Waals surface area contributed by atoms with E-state index in [0.29, 0.717) is 66.1 Å². The van der Waals surface area contributed by atoms with Gasteiger partial charge in [0.1, 0.15) is 23.0 Å². The molecule has 3 aromatic rings. The zero-order valence-corrected chi connectivity index (χ0v) is 28.0. The van der Waals surface area contributed by atoms with Crippen molar-refractivity contribution in [1.29, 1.82) is 0 Å². The zero-order valence-electron chi connectivity index (χ0n) is 28.0. The van der Waals surface area contributed by atoms with Crippen molar-refractivity contribution in [2.75, 3.05) is 26.4 Å². The Morgan fingerprint density at radius 2 is 1.02 bits per heavy atom. The summed E-state index contributed by atoms with van der Waals surface area (Å²) in [6, 6.07) is 18.3. The van der Waals surface area contributed by atoms with Crippen LogP contribution in [0.1, 0.15) is 77.6 Å². The van der Waals surface area contributed by atoms with E-state index in [1.807, 2.05) is 0 Å². The molecule has 0 saturated carbocycles. The van der Waals surface area contributed by atoms with Crippen LogP contribution < -0.4 is 18.9 Å². The smallest absolute Gasteiger partial charge is 0.343 e. The molecule has 0 aliphatic heterocycles. The van der Waals surface area contributed by atoms with Gasteiger partial charge >= 0.3 is 23.9 Å². The zero-order chi connectivity index (χ0) is 35.3. The molecule has 260 valence electrons. The van der Waals surface area contributed by atoms with Crippen molar-refractivity contribution >= 4 is 23.9 Å². The molecule has 0 bridgehead atoms. The largest absolute Gasteiger partial charge is 0.494 e. The lowest BCUT2D eigenvalue weighted by Crippen LogP contribution is -2.11. The highest BCUT2D eigenvalue weighted by Gasteiger charge is 2.15. The minimum Gasteiger partial charge on any atom is -0.494 e. The first-order valence-corrected chi connectivity index (χ1v) is 16.4. The molecule has 0 atom stereocenters. The second-order valence-electron chi connectivity index (χ2n) is 11.0. The number of hydrogen-bond donors (Lipinski definition) is 0. The fraction of sp³-hybridized carbons (Fsp3) is 0.333. The van der Waals surface area contributed by atoms with E-state index < -0.39 is 23.9 Å². The summed E-state index contributed by atoms with van der Waals surface area (Å²) in [5.41, 5.74) is 1.29. The lowest BCUT2D eigenvalue weighted by Gasteiger charge is -2.11. The van der Waals surface area contributed by atoms with E-state index in [1.165, 1.54) is 0 Å². The van der Waals surface area contributed by atoms with Gasteiger partial charge in [-0.3, -0.25) is 0 Å². The van der Waals surface area contributed by atoms with Crippen molar-refractivity contribution in [3.63, 3.8) is 0 Å². The van der Waals surface area contributed by atoms with Gasteiger partial charge in [0.15, 0.2) is 0 Å². The van der Waals surface area contributed by atoms with Crippen LogP contribution >= 0.6 is 0 Å². The Balaban J connectivity index is 1.41. The number of carbonyl (C=O) groups excluding carboxylic acids is 4. The van der Waals surface area contributed by atoms with Crippen molar-refractivity contribution < 1.29 is 47.6 Å². The molecular weight excluding hydrogens is 628 g/mol. The molecular formula is C39H44O10. The predicted molar refractivity (Wildman–Crippen MR) is 184 cm³/mol. The maximum absolute atomic E-state index is 12.9. The maximum Gasteiger partial charge on any atom is 0.343 e. The van der Waals surface area contributed by atoms with Crippen molar-refractivity contribution in [3.05, 3.63) is 109 Å². The molecule has 0 amide bonds. The Labute approximate surface area is 287 Å². The topological polar surface area (TPSA) is 124 Å². The molecule has 0 N–H and O–H groups in total. The highest BCUT2D eigenvalue weighted by molar-refractivity contribution is 5.92. The Bertz CT molecular complexity index is 1560. The number of esters is 4. The van der Waals surface area contributed by atoms with Gasteiger partial charge in [0.05, 0.1) is 37.6 Å². The molecule has 10 nitrogen and oxygen atoms in total. The van der Waals surface area contributed by atoms with Gasteiger partial charge in [-0.1, -0.05) is 25.3 Å². The monoisotopic (exact) mass is 672 g/mol. The summed E-state index contributed by atoms with van der Waals surface area (Å²) >= 11 is 0. The molecule has 49 heavy (non-hydrogen) atoms. The number of unbranched alkanes of at least 4 members (excludes halogenated alkanes) is 6. The second kappa shape index (κ2) is 21.5. The van der Waals surface area contributed by atoms with Gasteiger partial charge in [0, 0.05) is 12.2 Å². The predicted octanol–water partition coefficient (Wildman–Crippen LogP) is 7.77. The molecule has 0 spiro atoms. The summed E-state index contributed by atoms with van der Waals surface area (Å²) in [5.74, 6) is -0.158. The van der Waals surface area contributed by atoms with Crippen molar-refractivity contribution in [2.45, 2.75) is 58.3 Å². The van der Waals surface area contributed by atoms with Gasteiger partial charge in [0.25, 0.3) is 0 Å². The number of carbonyl (C=O) groups is 4. The fourth-order valence-electron chi connectivity index (χ4n) is 4.51.